The molecule has 4 heteroatoms. The highest BCUT2D eigenvalue weighted by atomic mass is 16.2. The molecule has 78 valence electrons. The lowest BCUT2D eigenvalue weighted by Gasteiger charge is -2.35. The summed E-state index contributed by atoms with van der Waals surface area (Å²) in [7, 11) is 0. The fourth-order valence-corrected chi connectivity index (χ4v) is 1.95. The molecule has 1 aliphatic heterocycles. The monoisotopic (exact) mass is 195 g/mol. The highest BCUT2D eigenvalue weighted by Gasteiger charge is 2.37. The van der Waals surface area contributed by atoms with Crippen molar-refractivity contribution in [2.75, 3.05) is 19.6 Å². The molecule has 1 saturated heterocycles. The van der Waals surface area contributed by atoms with E-state index in [4.69, 9.17) is 5.26 Å². The lowest BCUT2D eigenvalue weighted by Crippen LogP contribution is -2.47. The van der Waals surface area contributed by atoms with Gasteiger partial charge in [0, 0.05) is 0 Å². The van der Waals surface area contributed by atoms with E-state index < -0.39 is 0 Å². The molecule has 0 spiro atoms. The number of hydrogen-bond acceptors (Lipinski definition) is 3. The molecule has 1 heterocycles. The van der Waals surface area contributed by atoms with Crippen LogP contribution in [0.25, 0.3) is 0 Å². The van der Waals surface area contributed by atoms with E-state index in [0.717, 1.165) is 32.4 Å². The quantitative estimate of drug-likeness (QED) is 0.641. The minimum absolute atomic E-state index is 0.0445. The van der Waals surface area contributed by atoms with Crippen LogP contribution in [0.15, 0.2) is 0 Å². The van der Waals surface area contributed by atoms with Crippen LogP contribution in [-0.4, -0.2) is 25.5 Å². The second-order valence-electron chi connectivity index (χ2n) is 3.72. The summed E-state index contributed by atoms with van der Waals surface area (Å²) < 4.78 is 0. The highest BCUT2D eigenvalue weighted by molar-refractivity contribution is 5.82. The Balaban J connectivity index is 2.58. The zero-order valence-corrected chi connectivity index (χ0v) is 8.60. The van der Waals surface area contributed by atoms with Crippen molar-refractivity contribution in [3.63, 3.8) is 0 Å². The zero-order chi connectivity index (χ0) is 10.4. The first kappa shape index (κ1) is 11.0. The summed E-state index contributed by atoms with van der Waals surface area (Å²) in [6.45, 7) is 3.95. The van der Waals surface area contributed by atoms with Crippen molar-refractivity contribution in [2.24, 2.45) is 5.41 Å². The van der Waals surface area contributed by atoms with E-state index in [0.29, 0.717) is 0 Å². The zero-order valence-electron chi connectivity index (χ0n) is 8.60. The Labute approximate surface area is 84.7 Å². The molecule has 1 aliphatic rings. The highest BCUT2D eigenvalue weighted by Crippen LogP contribution is 2.32. The Morgan fingerprint density at radius 3 is 2.71 bits per heavy atom. The number of nitriles is 1. The third-order valence-electron chi connectivity index (χ3n) is 3.05. The summed E-state index contributed by atoms with van der Waals surface area (Å²) >= 11 is 0. The van der Waals surface area contributed by atoms with Gasteiger partial charge in [0.2, 0.25) is 5.91 Å². The van der Waals surface area contributed by atoms with E-state index in [2.05, 4.69) is 10.6 Å². The fraction of sp³-hybridized carbons (Fsp3) is 0.800. The Morgan fingerprint density at radius 2 is 2.21 bits per heavy atom. The molecule has 1 amide bonds. The van der Waals surface area contributed by atoms with Gasteiger partial charge < -0.3 is 10.6 Å². The molecule has 0 aromatic carbocycles. The molecule has 0 aromatic heterocycles. The van der Waals surface area contributed by atoms with Crippen LogP contribution in [0.2, 0.25) is 0 Å². The van der Waals surface area contributed by atoms with Crippen LogP contribution in [0.1, 0.15) is 26.2 Å². The molecular formula is C10H17N3O. The summed E-state index contributed by atoms with van der Waals surface area (Å²) in [6, 6.07) is 1.93. The molecule has 14 heavy (non-hydrogen) atoms. The summed E-state index contributed by atoms with van der Waals surface area (Å²) in [5.74, 6) is 0.0445. The van der Waals surface area contributed by atoms with Crippen LogP contribution in [-0.2, 0) is 4.79 Å². The number of nitrogens with one attached hydrogen (secondary N) is 2. The van der Waals surface area contributed by atoms with E-state index in [9.17, 15) is 4.79 Å². The average Bonchev–Trinajstić information content (AvgIpc) is 2.26. The van der Waals surface area contributed by atoms with Crippen molar-refractivity contribution in [1.82, 2.24) is 10.6 Å². The molecule has 2 N–H and O–H groups in total. The van der Waals surface area contributed by atoms with Crippen molar-refractivity contribution in [2.45, 2.75) is 26.2 Å². The predicted molar refractivity (Wildman–Crippen MR) is 53.5 cm³/mol. The topological polar surface area (TPSA) is 64.9 Å². The summed E-state index contributed by atoms with van der Waals surface area (Å²) in [4.78, 5) is 11.8. The smallest absolute Gasteiger partial charge is 0.227 e. The summed E-state index contributed by atoms with van der Waals surface area (Å²) in [5.41, 5.74) is -0.234. The van der Waals surface area contributed by atoms with Crippen LogP contribution < -0.4 is 10.6 Å². The molecule has 0 bridgehead atoms. The number of hydrogen-bond donors (Lipinski definition) is 2. The van der Waals surface area contributed by atoms with Gasteiger partial charge in [-0.05, 0) is 32.4 Å². The van der Waals surface area contributed by atoms with Crippen molar-refractivity contribution in [3.8, 4) is 6.07 Å². The van der Waals surface area contributed by atoms with Crippen LogP contribution in [0.4, 0.5) is 0 Å². The van der Waals surface area contributed by atoms with Gasteiger partial charge in [-0.3, -0.25) is 4.79 Å². The van der Waals surface area contributed by atoms with E-state index in [1.807, 2.05) is 13.0 Å². The van der Waals surface area contributed by atoms with Gasteiger partial charge in [0.05, 0.1) is 11.5 Å². The van der Waals surface area contributed by atoms with E-state index in [-0.39, 0.29) is 17.9 Å². The number of nitrogens with zero attached hydrogens (tertiary/aromatic N) is 1. The molecule has 1 fully saturated rings. The molecule has 1 rings (SSSR count). The summed E-state index contributed by atoms with van der Waals surface area (Å²) in [6.07, 6.45) is 2.60. The van der Waals surface area contributed by atoms with Gasteiger partial charge in [-0.2, -0.15) is 5.26 Å². The minimum Gasteiger partial charge on any atom is -0.343 e. The SMILES string of the molecule is CCC1(C(=O)NCC#N)CCNCC1. The molecule has 4 nitrogen and oxygen atoms in total. The molecular weight excluding hydrogens is 178 g/mol. The molecule has 0 unspecified atom stereocenters. The summed E-state index contributed by atoms with van der Waals surface area (Å²) in [5, 5.41) is 14.3. The molecule has 0 radical (unpaired) electrons. The van der Waals surface area contributed by atoms with Crippen molar-refractivity contribution in [3.05, 3.63) is 0 Å². The number of piperidine rings is 1. The van der Waals surface area contributed by atoms with Gasteiger partial charge in [-0.15, -0.1) is 0 Å². The van der Waals surface area contributed by atoms with Crippen LogP contribution in [0, 0.1) is 16.7 Å². The molecule has 0 saturated carbocycles. The van der Waals surface area contributed by atoms with E-state index in [1.165, 1.54) is 0 Å². The Hall–Kier alpha value is -1.08. The molecule has 0 aliphatic carbocycles. The maximum Gasteiger partial charge on any atom is 0.227 e. The molecule has 0 aromatic rings. The number of amides is 1. The van der Waals surface area contributed by atoms with Gasteiger partial charge in [-0.25, -0.2) is 0 Å². The second kappa shape index (κ2) is 4.97. The van der Waals surface area contributed by atoms with Gasteiger partial charge in [0.1, 0.15) is 6.54 Å². The van der Waals surface area contributed by atoms with Crippen LogP contribution in [0.5, 0.6) is 0 Å². The maximum absolute atomic E-state index is 11.8. The van der Waals surface area contributed by atoms with Gasteiger partial charge in [0.25, 0.3) is 0 Å². The van der Waals surface area contributed by atoms with Crippen LogP contribution in [0.3, 0.4) is 0 Å². The van der Waals surface area contributed by atoms with Crippen molar-refractivity contribution in [1.29, 1.82) is 5.26 Å². The first-order valence-electron chi connectivity index (χ1n) is 5.11. The van der Waals surface area contributed by atoms with Crippen molar-refractivity contribution < 1.29 is 4.79 Å². The Kier molecular flexibility index (Phi) is 3.90. The average molecular weight is 195 g/mol. The van der Waals surface area contributed by atoms with Crippen LogP contribution >= 0.6 is 0 Å². The second-order valence-corrected chi connectivity index (χ2v) is 3.72. The number of carbonyl (C=O) groups excluding carboxylic acids is 1. The standard InChI is InChI=1S/C10H17N3O/c1-2-10(3-6-12-7-4-10)9(14)13-8-5-11/h12H,2-4,6-8H2,1H3,(H,13,14). The third kappa shape index (κ3) is 2.24. The number of carbonyl (C=O) groups is 1. The van der Waals surface area contributed by atoms with E-state index >= 15 is 0 Å². The Morgan fingerprint density at radius 1 is 1.57 bits per heavy atom. The van der Waals surface area contributed by atoms with Crippen molar-refractivity contribution >= 4 is 5.91 Å². The third-order valence-corrected chi connectivity index (χ3v) is 3.05. The first-order chi connectivity index (χ1) is 6.75. The van der Waals surface area contributed by atoms with E-state index in [1.54, 1.807) is 0 Å². The normalized spacial score (nSPS) is 19.7. The lowest BCUT2D eigenvalue weighted by atomic mass is 9.76. The largest absolute Gasteiger partial charge is 0.343 e. The first-order valence-corrected chi connectivity index (χ1v) is 5.11. The minimum atomic E-state index is -0.234. The Bertz CT molecular complexity index is 238. The predicted octanol–water partition coefficient (Wildman–Crippen LogP) is 0.406. The lowest BCUT2D eigenvalue weighted by molar-refractivity contribution is -0.132. The number of rotatable bonds is 3. The van der Waals surface area contributed by atoms with Gasteiger partial charge in [-0.1, -0.05) is 6.92 Å². The fourth-order valence-electron chi connectivity index (χ4n) is 1.95. The maximum atomic E-state index is 11.8. The van der Waals surface area contributed by atoms with Gasteiger partial charge in [0.15, 0.2) is 0 Å². The van der Waals surface area contributed by atoms with Gasteiger partial charge >= 0.3 is 0 Å². The molecule has 0 atom stereocenters.